The minimum Gasteiger partial charge on any atom is -0.497 e. The molecule has 0 radical (unpaired) electrons. The van der Waals surface area contributed by atoms with Crippen molar-refractivity contribution in [3.63, 3.8) is 0 Å². The van der Waals surface area contributed by atoms with E-state index >= 15 is 0 Å². The largest absolute Gasteiger partial charge is 0.497 e. The average molecular weight is 253 g/mol. The minimum atomic E-state index is 0.283. The van der Waals surface area contributed by atoms with Crippen LogP contribution in [-0.2, 0) is 9.47 Å². The van der Waals surface area contributed by atoms with Crippen molar-refractivity contribution in [1.82, 2.24) is 5.32 Å². The fraction of sp³-hybridized carbons (Fsp3) is 0.571. The number of ether oxygens (including phenoxy) is 3. The van der Waals surface area contributed by atoms with Crippen LogP contribution in [0.25, 0.3) is 0 Å². The van der Waals surface area contributed by atoms with Gasteiger partial charge in [-0.15, -0.1) is 0 Å². The second-order valence-corrected chi connectivity index (χ2v) is 4.06. The third-order valence-electron chi connectivity index (χ3n) is 2.72. The Morgan fingerprint density at radius 3 is 2.72 bits per heavy atom. The molecular formula is C14H23NO3. The molecule has 4 nitrogen and oxygen atoms in total. The quantitative estimate of drug-likeness (QED) is 0.683. The lowest BCUT2D eigenvalue weighted by Crippen LogP contribution is -2.23. The van der Waals surface area contributed by atoms with E-state index in [9.17, 15) is 0 Å². The highest BCUT2D eigenvalue weighted by molar-refractivity contribution is 5.30. The molecule has 0 bridgehead atoms. The first-order valence-corrected chi connectivity index (χ1v) is 6.22. The van der Waals surface area contributed by atoms with Gasteiger partial charge in [-0.1, -0.05) is 12.1 Å². The second-order valence-electron chi connectivity index (χ2n) is 4.06. The van der Waals surface area contributed by atoms with E-state index in [-0.39, 0.29) is 6.04 Å². The molecule has 0 aliphatic rings. The molecule has 1 atom stereocenters. The van der Waals surface area contributed by atoms with Crippen molar-refractivity contribution >= 4 is 0 Å². The summed E-state index contributed by atoms with van der Waals surface area (Å²) in [6.07, 6.45) is 0. The number of hydrogen-bond acceptors (Lipinski definition) is 4. The first kappa shape index (κ1) is 15.0. The van der Waals surface area contributed by atoms with E-state index in [2.05, 4.69) is 18.3 Å². The van der Waals surface area contributed by atoms with Gasteiger partial charge in [0.2, 0.25) is 0 Å². The third-order valence-corrected chi connectivity index (χ3v) is 2.72. The maximum absolute atomic E-state index is 5.39. The highest BCUT2D eigenvalue weighted by Crippen LogP contribution is 2.18. The van der Waals surface area contributed by atoms with Crippen molar-refractivity contribution in [2.45, 2.75) is 13.0 Å². The maximum Gasteiger partial charge on any atom is 0.119 e. The highest BCUT2D eigenvalue weighted by atomic mass is 16.5. The van der Waals surface area contributed by atoms with Crippen LogP contribution in [0.5, 0.6) is 5.75 Å². The fourth-order valence-corrected chi connectivity index (χ4v) is 1.62. The molecule has 0 saturated carbocycles. The van der Waals surface area contributed by atoms with E-state index in [1.165, 1.54) is 5.56 Å². The summed E-state index contributed by atoms with van der Waals surface area (Å²) in [6, 6.07) is 8.37. The molecule has 0 spiro atoms. The van der Waals surface area contributed by atoms with Gasteiger partial charge in [-0.25, -0.2) is 0 Å². The Hall–Kier alpha value is -1.10. The van der Waals surface area contributed by atoms with E-state index in [0.29, 0.717) is 19.8 Å². The Balaban J connectivity index is 2.25. The van der Waals surface area contributed by atoms with Crippen molar-refractivity contribution in [3.8, 4) is 5.75 Å². The first-order valence-electron chi connectivity index (χ1n) is 6.22. The van der Waals surface area contributed by atoms with Crippen LogP contribution in [-0.4, -0.2) is 40.6 Å². The standard InChI is InChI=1S/C14H23NO3/c1-12(15-7-8-18-10-9-16-2)13-5-4-6-14(11-13)17-3/h4-6,11-12,15H,7-10H2,1-3H3/t12-/m1/s1. The Bertz CT molecular complexity index is 331. The van der Waals surface area contributed by atoms with Crippen LogP contribution in [0.1, 0.15) is 18.5 Å². The molecular weight excluding hydrogens is 230 g/mol. The van der Waals surface area contributed by atoms with Crippen molar-refractivity contribution in [3.05, 3.63) is 29.8 Å². The van der Waals surface area contributed by atoms with Crippen LogP contribution in [0.15, 0.2) is 24.3 Å². The molecule has 0 fully saturated rings. The summed E-state index contributed by atoms with van der Waals surface area (Å²) < 4.78 is 15.5. The molecule has 18 heavy (non-hydrogen) atoms. The van der Waals surface area contributed by atoms with E-state index in [4.69, 9.17) is 14.2 Å². The zero-order chi connectivity index (χ0) is 13.2. The molecule has 0 unspecified atom stereocenters. The molecule has 0 aliphatic carbocycles. The topological polar surface area (TPSA) is 39.7 Å². The summed E-state index contributed by atoms with van der Waals surface area (Å²) in [5, 5.41) is 3.41. The Kier molecular flexibility index (Phi) is 7.41. The van der Waals surface area contributed by atoms with Gasteiger partial charge in [-0.05, 0) is 24.6 Å². The van der Waals surface area contributed by atoms with Gasteiger partial charge in [0.15, 0.2) is 0 Å². The van der Waals surface area contributed by atoms with E-state index in [1.807, 2.05) is 18.2 Å². The van der Waals surface area contributed by atoms with Crippen molar-refractivity contribution in [1.29, 1.82) is 0 Å². The van der Waals surface area contributed by atoms with Crippen molar-refractivity contribution < 1.29 is 14.2 Å². The molecule has 4 heteroatoms. The van der Waals surface area contributed by atoms with Crippen LogP contribution in [0, 0.1) is 0 Å². The minimum absolute atomic E-state index is 0.283. The summed E-state index contributed by atoms with van der Waals surface area (Å²) >= 11 is 0. The average Bonchev–Trinajstić information content (AvgIpc) is 2.42. The number of methoxy groups -OCH3 is 2. The molecule has 0 amide bonds. The van der Waals surface area contributed by atoms with E-state index in [0.717, 1.165) is 12.3 Å². The van der Waals surface area contributed by atoms with E-state index in [1.54, 1.807) is 14.2 Å². The maximum atomic E-state index is 5.39. The molecule has 0 aromatic heterocycles. The van der Waals surface area contributed by atoms with Gasteiger partial charge in [0, 0.05) is 19.7 Å². The Morgan fingerprint density at radius 2 is 2.00 bits per heavy atom. The molecule has 0 saturated heterocycles. The number of hydrogen-bond donors (Lipinski definition) is 1. The summed E-state index contributed by atoms with van der Waals surface area (Å²) in [4.78, 5) is 0. The zero-order valence-corrected chi connectivity index (χ0v) is 11.4. The lowest BCUT2D eigenvalue weighted by molar-refractivity contribution is 0.0712. The Labute approximate surface area is 109 Å². The van der Waals surface area contributed by atoms with Gasteiger partial charge < -0.3 is 19.5 Å². The predicted molar refractivity (Wildman–Crippen MR) is 72.1 cm³/mol. The highest BCUT2D eigenvalue weighted by Gasteiger charge is 2.05. The van der Waals surface area contributed by atoms with Gasteiger partial charge in [-0.2, -0.15) is 0 Å². The summed E-state index contributed by atoms with van der Waals surface area (Å²) in [7, 11) is 3.35. The van der Waals surface area contributed by atoms with Crippen LogP contribution in [0.4, 0.5) is 0 Å². The number of benzene rings is 1. The lowest BCUT2D eigenvalue weighted by atomic mass is 10.1. The van der Waals surface area contributed by atoms with Gasteiger partial charge in [-0.3, -0.25) is 0 Å². The van der Waals surface area contributed by atoms with E-state index < -0.39 is 0 Å². The van der Waals surface area contributed by atoms with Crippen molar-refractivity contribution in [2.24, 2.45) is 0 Å². The SMILES string of the molecule is COCCOCCN[C@H](C)c1cccc(OC)c1. The number of rotatable bonds is 9. The van der Waals surface area contributed by atoms with Gasteiger partial charge in [0.25, 0.3) is 0 Å². The van der Waals surface area contributed by atoms with Gasteiger partial charge in [0.05, 0.1) is 26.9 Å². The zero-order valence-electron chi connectivity index (χ0n) is 11.4. The molecule has 1 N–H and O–H groups in total. The molecule has 0 heterocycles. The molecule has 0 aliphatic heterocycles. The molecule has 1 rings (SSSR count). The number of nitrogens with one attached hydrogen (secondary N) is 1. The lowest BCUT2D eigenvalue weighted by Gasteiger charge is -2.15. The molecule has 1 aromatic carbocycles. The molecule has 1 aromatic rings. The predicted octanol–water partition coefficient (Wildman–Crippen LogP) is 2.01. The van der Waals surface area contributed by atoms with Crippen LogP contribution < -0.4 is 10.1 Å². The summed E-state index contributed by atoms with van der Waals surface area (Å²) in [5.74, 6) is 0.887. The van der Waals surface area contributed by atoms with Crippen LogP contribution in [0.2, 0.25) is 0 Å². The molecule has 102 valence electrons. The van der Waals surface area contributed by atoms with Crippen LogP contribution in [0.3, 0.4) is 0 Å². The summed E-state index contributed by atoms with van der Waals surface area (Å²) in [5.41, 5.74) is 1.21. The summed E-state index contributed by atoms with van der Waals surface area (Å²) in [6.45, 7) is 4.93. The Morgan fingerprint density at radius 1 is 1.17 bits per heavy atom. The van der Waals surface area contributed by atoms with Crippen LogP contribution >= 0.6 is 0 Å². The smallest absolute Gasteiger partial charge is 0.119 e. The van der Waals surface area contributed by atoms with Crippen molar-refractivity contribution in [2.75, 3.05) is 40.6 Å². The van der Waals surface area contributed by atoms with Gasteiger partial charge >= 0.3 is 0 Å². The fourth-order valence-electron chi connectivity index (χ4n) is 1.62. The monoisotopic (exact) mass is 253 g/mol. The van der Waals surface area contributed by atoms with Gasteiger partial charge in [0.1, 0.15) is 5.75 Å². The first-order chi connectivity index (χ1) is 8.77. The normalized spacial score (nSPS) is 12.4. The third kappa shape index (κ3) is 5.49. The second kappa shape index (κ2) is 8.91.